The third-order valence-electron chi connectivity index (χ3n) is 2.01. The molecule has 0 saturated carbocycles. The molecule has 0 atom stereocenters. The Balaban J connectivity index is 2.26. The van der Waals surface area contributed by atoms with Gasteiger partial charge in [-0.1, -0.05) is 0 Å². The number of rotatable bonds is 2. The van der Waals surface area contributed by atoms with Gasteiger partial charge in [0.1, 0.15) is 0 Å². The minimum atomic E-state index is -0.0868. The standard InChI is InChI=1S/C12H10O3Se/c13-8-1-4-10(5-2-8)16-12-7-9(14)3-6-11(12)15/h1-7,13-15H. The van der Waals surface area contributed by atoms with Crippen LogP contribution in [-0.2, 0) is 0 Å². The summed E-state index contributed by atoms with van der Waals surface area (Å²) < 4.78 is 1.74. The van der Waals surface area contributed by atoms with Crippen LogP contribution in [0.25, 0.3) is 0 Å². The minimum absolute atomic E-state index is 0.0868. The molecule has 3 nitrogen and oxygen atoms in total. The molecule has 0 radical (unpaired) electrons. The fourth-order valence-electron chi connectivity index (χ4n) is 1.23. The molecule has 0 amide bonds. The van der Waals surface area contributed by atoms with Crippen molar-refractivity contribution in [3.63, 3.8) is 0 Å². The van der Waals surface area contributed by atoms with E-state index in [0.717, 1.165) is 8.92 Å². The Hall–Kier alpha value is -1.64. The molecular formula is C12H10O3Se. The summed E-state index contributed by atoms with van der Waals surface area (Å²) in [5.74, 6) is 0.555. The van der Waals surface area contributed by atoms with E-state index in [0.29, 0.717) is 0 Å². The second-order valence-corrected chi connectivity index (χ2v) is 5.59. The fraction of sp³-hybridized carbons (Fsp3) is 0. The van der Waals surface area contributed by atoms with Crippen LogP contribution in [0.1, 0.15) is 0 Å². The van der Waals surface area contributed by atoms with E-state index in [-0.39, 0.29) is 32.2 Å². The first-order valence-corrected chi connectivity index (χ1v) is 6.35. The van der Waals surface area contributed by atoms with Crippen LogP contribution in [0.3, 0.4) is 0 Å². The summed E-state index contributed by atoms with van der Waals surface area (Å²) >= 11 is -0.0868. The van der Waals surface area contributed by atoms with E-state index in [9.17, 15) is 10.2 Å². The Morgan fingerprint density at radius 3 is 2.06 bits per heavy atom. The molecule has 0 aromatic heterocycles. The van der Waals surface area contributed by atoms with Gasteiger partial charge in [-0.25, -0.2) is 0 Å². The quantitative estimate of drug-likeness (QED) is 0.553. The predicted octanol–water partition coefficient (Wildman–Crippen LogP) is 0.458. The molecule has 0 spiro atoms. The first-order chi connectivity index (χ1) is 7.65. The Kier molecular flexibility index (Phi) is 3.04. The van der Waals surface area contributed by atoms with E-state index in [1.165, 1.54) is 12.1 Å². The Labute approximate surface area is 99.2 Å². The van der Waals surface area contributed by atoms with Crippen LogP contribution in [-0.4, -0.2) is 30.3 Å². The van der Waals surface area contributed by atoms with Crippen molar-refractivity contribution in [1.29, 1.82) is 0 Å². The van der Waals surface area contributed by atoms with Crippen LogP contribution < -0.4 is 8.92 Å². The van der Waals surface area contributed by atoms with Crippen molar-refractivity contribution in [3.05, 3.63) is 42.5 Å². The van der Waals surface area contributed by atoms with Gasteiger partial charge in [0.05, 0.1) is 0 Å². The van der Waals surface area contributed by atoms with Gasteiger partial charge < -0.3 is 0 Å². The molecule has 2 aromatic rings. The first-order valence-electron chi connectivity index (χ1n) is 4.64. The van der Waals surface area contributed by atoms with Crippen molar-refractivity contribution < 1.29 is 15.3 Å². The van der Waals surface area contributed by atoms with Gasteiger partial charge in [0, 0.05) is 0 Å². The van der Waals surface area contributed by atoms with E-state index in [1.54, 1.807) is 30.3 Å². The van der Waals surface area contributed by atoms with E-state index >= 15 is 0 Å². The number of aromatic hydroxyl groups is 3. The normalized spacial score (nSPS) is 10.2. The Morgan fingerprint density at radius 2 is 1.38 bits per heavy atom. The Morgan fingerprint density at radius 1 is 0.750 bits per heavy atom. The summed E-state index contributed by atoms with van der Waals surface area (Å²) in [5, 5.41) is 28.1. The molecular weight excluding hydrogens is 271 g/mol. The number of benzene rings is 2. The SMILES string of the molecule is Oc1ccc([Se]c2cc(O)ccc2O)cc1. The molecule has 2 rings (SSSR count). The average molecular weight is 281 g/mol. The molecule has 82 valence electrons. The zero-order valence-electron chi connectivity index (χ0n) is 8.29. The van der Waals surface area contributed by atoms with Gasteiger partial charge in [-0.2, -0.15) is 0 Å². The number of hydrogen-bond donors (Lipinski definition) is 3. The van der Waals surface area contributed by atoms with Gasteiger partial charge in [-0.05, 0) is 0 Å². The topological polar surface area (TPSA) is 60.7 Å². The predicted molar refractivity (Wildman–Crippen MR) is 62.9 cm³/mol. The van der Waals surface area contributed by atoms with E-state index in [4.69, 9.17) is 5.11 Å². The number of hydrogen-bond acceptors (Lipinski definition) is 3. The van der Waals surface area contributed by atoms with Crippen LogP contribution in [0, 0.1) is 0 Å². The van der Waals surface area contributed by atoms with E-state index < -0.39 is 0 Å². The van der Waals surface area contributed by atoms with Gasteiger partial charge in [-0.15, -0.1) is 0 Å². The van der Waals surface area contributed by atoms with Gasteiger partial charge in [0.15, 0.2) is 0 Å². The van der Waals surface area contributed by atoms with Crippen LogP contribution in [0.15, 0.2) is 42.5 Å². The first kappa shape index (κ1) is 10.9. The van der Waals surface area contributed by atoms with Crippen LogP contribution >= 0.6 is 0 Å². The van der Waals surface area contributed by atoms with Crippen molar-refractivity contribution in [2.24, 2.45) is 0 Å². The zero-order valence-corrected chi connectivity index (χ0v) is 10.0. The molecule has 0 unspecified atom stereocenters. The number of phenols is 3. The molecule has 0 bridgehead atoms. The van der Waals surface area contributed by atoms with Crippen LogP contribution in [0.4, 0.5) is 0 Å². The molecule has 4 heteroatoms. The van der Waals surface area contributed by atoms with Crippen LogP contribution in [0.5, 0.6) is 17.2 Å². The summed E-state index contributed by atoms with van der Waals surface area (Å²) in [4.78, 5) is 0. The summed E-state index contributed by atoms with van der Waals surface area (Å²) in [6.07, 6.45) is 0. The summed E-state index contributed by atoms with van der Waals surface area (Å²) in [6.45, 7) is 0. The Bertz CT molecular complexity index is 494. The summed E-state index contributed by atoms with van der Waals surface area (Å²) in [5.41, 5.74) is 0. The summed E-state index contributed by atoms with van der Waals surface area (Å²) in [6, 6.07) is 11.3. The number of phenolic OH excluding ortho intramolecular Hbond substituents is 3. The van der Waals surface area contributed by atoms with Crippen LogP contribution in [0.2, 0.25) is 0 Å². The maximum atomic E-state index is 9.61. The molecule has 3 N–H and O–H groups in total. The molecule has 16 heavy (non-hydrogen) atoms. The third-order valence-corrected chi connectivity index (χ3v) is 4.22. The van der Waals surface area contributed by atoms with Gasteiger partial charge in [-0.3, -0.25) is 0 Å². The molecule has 0 aliphatic carbocycles. The molecule has 0 aliphatic rings. The van der Waals surface area contributed by atoms with E-state index in [2.05, 4.69) is 0 Å². The summed E-state index contributed by atoms with van der Waals surface area (Å²) in [7, 11) is 0. The van der Waals surface area contributed by atoms with Crippen molar-refractivity contribution in [2.75, 3.05) is 0 Å². The van der Waals surface area contributed by atoms with Gasteiger partial charge >= 0.3 is 98.9 Å². The second kappa shape index (κ2) is 4.47. The second-order valence-electron chi connectivity index (χ2n) is 3.25. The van der Waals surface area contributed by atoms with Crippen molar-refractivity contribution in [2.45, 2.75) is 0 Å². The van der Waals surface area contributed by atoms with Crippen molar-refractivity contribution >= 4 is 23.9 Å². The van der Waals surface area contributed by atoms with Gasteiger partial charge in [0.2, 0.25) is 0 Å². The van der Waals surface area contributed by atoms with Gasteiger partial charge in [0.25, 0.3) is 0 Å². The molecule has 0 heterocycles. The average Bonchev–Trinajstić information content (AvgIpc) is 2.27. The van der Waals surface area contributed by atoms with Crippen molar-refractivity contribution in [3.8, 4) is 17.2 Å². The molecule has 0 saturated heterocycles. The molecule has 2 aromatic carbocycles. The third kappa shape index (κ3) is 2.48. The fourth-order valence-corrected chi connectivity index (χ4v) is 3.07. The van der Waals surface area contributed by atoms with Crippen molar-refractivity contribution in [1.82, 2.24) is 0 Å². The zero-order chi connectivity index (χ0) is 11.5. The maximum absolute atomic E-state index is 9.61. The molecule has 0 aliphatic heterocycles. The molecule has 0 fully saturated rings. The van der Waals surface area contributed by atoms with E-state index in [1.807, 2.05) is 0 Å². The monoisotopic (exact) mass is 282 g/mol.